The van der Waals surface area contributed by atoms with E-state index >= 15 is 0 Å². The van der Waals surface area contributed by atoms with E-state index in [1.165, 1.54) is 32.8 Å². The van der Waals surface area contributed by atoms with Crippen molar-refractivity contribution in [3.8, 4) is 0 Å². The van der Waals surface area contributed by atoms with Gasteiger partial charge in [-0.15, -0.1) is 0 Å². The first-order valence-electron chi connectivity index (χ1n) is 8.06. The molecule has 0 heterocycles. The summed E-state index contributed by atoms with van der Waals surface area (Å²) in [5.74, 6) is 0.455. The van der Waals surface area contributed by atoms with Crippen LogP contribution in [0.5, 0.6) is 0 Å². The molecule has 0 aliphatic heterocycles. The zero-order valence-corrected chi connectivity index (χ0v) is 12.6. The van der Waals surface area contributed by atoms with Gasteiger partial charge in [0.2, 0.25) is 5.91 Å². The molecule has 0 aromatic carbocycles. The Morgan fingerprint density at radius 1 is 1.10 bits per heavy atom. The van der Waals surface area contributed by atoms with E-state index in [1.54, 1.807) is 0 Å². The first-order valence-corrected chi connectivity index (χ1v) is 8.06. The molecule has 0 unspecified atom stereocenters. The quantitative estimate of drug-likeness (QED) is 0.788. The van der Waals surface area contributed by atoms with E-state index in [0.29, 0.717) is 12.3 Å². The average molecular weight is 281 g/mol. The Hall–Kier alpha value is -1.06. The summed E-state index contributed by atoms with van der Waals surface area (Å²) in [5.41, 5.74) is -0.750. The van der Waals surface area contributed by atoms with E-state index in [0.717, 1.165) is 38.5 Å². The number of hydrogen-bond donors (Lipinski definition) is 1. The molecule has 2 aliphatic rings. The maximum Gasteiger partial charge on any atom is 0.331 e. The molecule has 2 fully saturated rings. The topological polar surface area (TPSA) is 55.4 Å². The Bertz CT molecular complexity index is 342. The van der Waals surface area contributed by atoms with E-state index in [1.807, 2.05) is 0 Å². The fourth-order valence-corrected chi connectivity index (χ4v) is 3.69. The number of ether oxygens (including phenoxy) is 1. The van der Waals surface area contributed by atoms with Crippen molar-refractivity contribution in [1.82, 2.24) is 5.32 Å². The lowest BCUT2D eigenvalue weighted by Gasteiger charge is -2.35. The Kier molecular flexibility index (Phi) is 5.44. The summed E-state index contributed by atoms with van der Waals surface area (Å²) in [7, 11) is 1.41. The lowest BCUT2D eigenvalue weighted by Crippen LogP contribution is -2.56. The Balaban J connectivity index is 1.86. The van der Waals surface area contributed by atoms with Gasteiger partial charge in [-0.1, -0.05) is 44.9 Å². The highest BCUT2D eigenvalue weighted by atomic mass is 16.5. The summed E-state index contributed by atoms with van der Waals surface area (Å²) in [6.45, 7) is 0. The molecule has 2 rings (SSSR count). The fourth-order valence-electron chi connectivity index (χ4n) is 3.69. The second kappa shape index (κ2) is 7.09. The summed E-state index contributed by atoms with van der Waals surface area (Å²) in [6, 6.07) is 0. The minimum atomic E-state index is -0.750. The van der Waals surface area contributed by atoms with Crippen LogP contribution in [0.4, 0.5) is 0 Å². The van der Waals surface area contributed by atoms with Crippen molar-refractivity contribution < 1.29 is 14.3 Å². The minimum Gasteiger partial charge on any atom is -0.467 e. The number of carbonyl (C=O) groups excluding carboxylic acids is 2. The third kappa shape index (κ3) is 3.74. The maximum absolute atomic E-state index is 12.2. The van der Waals surface area contributed by atoms with Crippen molar-refractivity contribution >= 4 is 11.9 Å². The smallest absolute Gasteiger partial charge is 0.331 e. The van der Waals surface area contributed by atoms with Gasteiger partial charge in [-0.3, -0.25) is 4.79 Å². The van der Waals surface area contributed by atoms with E-state index in [4.69, 9.17) is 4.74 Å². The number of carbonyl (C=O) groups is 2. The molecule has 0 radical (unpaired) electrons. The monoisotopic (exact) mass is 281 g/mol. The third-order valence-electron chi connectivity index (χ3n) is 4.92. The highest BCUT2D eigenvalue weighted by Gasteiger charge is 2.41. The second-order valence-electron chi connectivity index (χ2n) is 6.37. The van der Waals surface area contributed by atoms with Crippen molar-refractivity contribution in [1.29, 1.82) is 0 Å². The van der Waals surface area contributed by atoms with Gasteiger partial charge in [0, 0.05) is 6.42 Å². The summed E-state index contributed by atoms with van der Waals surface area (Å²) in [5, 5.41) is 2.99. The number of amides is 1. The van der Waals surface area contributed by atoms with E-state index in [2.05, 4.69) is 5.32 Å². The molecular formula is C16H27NO3. The molecule has 114 valence electrons. The summed E-state index contributed by atoms with van der Waals surface area (Å²) < 4.78 is 4.92. The van der Waals surface area contributed by atoms with Gasteiger partial charge in [-0.25, -0.2) is 4.79 Å². The molecule has 20 heavy (non-hydrogen) atoms. The van der Waals surface area contributed by atoms with E-state index in [-0.39, 0.29) is 11.9 Å². The zero-order valence-electron chi connectivity index (χ0n) is 12.6. The van der Waals surface area contributed by atoms with Crippen molar-refractivity contribution in [3.05, 3.63) is 0 Å². The van der Waals surface area contributed by atoms with Crippen LogP contribution < -0.4 is 5.32 Å². The first kappa shape index (κ1) is 15.3. The van der Waals surface area contributed by atoms with Gasteiger partial charge < -0.3 is 10.1 Å². The van der Waals surface area contributed by atoms with Crippen LogP contribution in [0, 0.1) is 5.92 Å². The average Bonchev–Trinajstić information content (AvgIpc) is 2.98. The van der Waals surface area contributed by atoms with Crippen LogP contribution >= 0.6 is 0 Å². The van der Waals surface area contributed by atoms with Crippen LogP contribution in [0.15, 0.2) is 0 Å². The largest absolute Gasteiger partial charge is 0.467 e. The van der Waals surface area contributed by atoms with E-state index < -0.39 is 5.54 Å². The minimum absolute atomic E-state index is 0.0178. The predicted molar refractivity (Wildman–Crippen MR) is 77.2 cm³/mol. The molecule has 0 saturated heterocycles. The highest BCUT2D eigenvalue weighted by Crippen LogP contribution is 2.31. The Morgan fingerprint density at radius 3 is 2.35 bits per heavy atom. The van der Waals surface area contributed by atoms with Gasteiger partial charge in [-0.05, 0) is 25.2 Å². The first-order chi connectivity index (χ1) is 9.66. The van der Waals surface area contributed by atoms with Gasteiger partial charge in [0.25, 0.3) is 0 Å². The summed E-state index contributed by atoms with van der Waals surface area (Å²) >= 11 is 0. The molecule has 0 spiro atoms. The molecule has 2 saturated carbocycles. The molecule has 0 aromatic heterocycles. The number of esters is 1. The highest BCUT2D eigenvalue weighted by molar-refractivity contribution is 5.88. The van der Waals surface area contributed by atoms with Crippen LogP contribution in [-0.4, -0.2) is 24.5 Å². The number of hydrogen-bond acceptors (Lipinski definition) is 3. The molecular weight excluding hydrogens is 254 g/mol. The second-order valence-corrected chi connectivity index (χ2v) is 6.37. The molecule has 2 aliphatic carbocycles. The SMILES string of the molecule is COC(=O)C1(NC(=O)CCC2CCCC2)CCCCC1. The standard InChI is InChI=1S/C16H27NO3/c1-20-15(19)16(11-5-2-6-12-16)17-14(18)10-9-13-7-3-4-8-13/h13H,2-12H2,1H3,(H,17,18). The molecule has 4 nitrogen and oxygen atoms in total. The van der Waals surface area contributed by atoms with Crippen LogP contribution in [0.2, 0.25) is 0 Å². The zero-order chi connectivity index (χ0) is 14.4. The van der Waals surface area contributed by atoms with Crippen LogP contribution in [0.3, 0.4) is 0 Å². The van der Waals surface area contributed by atoms with Gasteiger partial charge in [0.15, 0.2) is 0 Å². The number of methoxy groups -OCH3 is 1. The molecule has 4 heteroatoms. The Morgan fingerprint density at radius 2 is 1.75 bits per heavy atom. The molecule has 0 atom stereocenters. The van der Waals surface area contributed by atoms with Crippen molar-refractivity contribution in [2.75, 3.05) is 7.11 Å². The molecule has 1 N–H and O–H groups in total. The molecule has 1 amide bonds. The van der Waals surface area contributed by atoms with Crippen LogP contribution in [0.25, 0.3) is 0 Å². The Labute approximate surface area is 121 Å². The van der Waals surface area contributed by atoms with E-state index in [9.17, 15) is 9.59 Å². The lowest BCUT2D eigenvalue weighted by molar-refractivity contribution is -0.152. The van der Waals surface area contributed by atoms with Gasteiger partial charge in [-0.2, -0.15) is 0 Å². The van der Waals surface area contributed by atoms with Crippen LogP contribution in [0.1, 0.15) is 70.6 Å². The van der Waals surface area contributed by atoms with Crippen LogP contribution in [-0.2, 0) is 14.3 Å². The van der Waals surface area contributed by atoms with Gasteiger partial charge in [0.05, 0.1) is 7.11 Å². The third-order valence-corrected chi connectivity index (χ3v) is 4.92. The van der Waals surface area contributed by atoms with Gasteiger partial charge >= 0.3 is 5.97 Å². The summed E-state index contributed by atoms with van der Waals surface area (Å²) in [4.78, 5) is 24.2. The number of rotatable bonds is 5. The van der Waals surface area contributed by atoms with Crippen molar-refractivity contribution in [2.45, 2.75) is 76.2 Å². The maximum atomic E-state index is 12.2. The molecule has 0 aromatic rings. The normalized spacial score (nSPS) is 22.4. The fraction of sp³-hybridized carbons (Fsp3) is 0.875. The van der Waals surface area contributed by atoms with Gasteiger partial charge in [0.1, 0.15) is 5.54 Å². The van der Waals surface area contributed by atoms with Crippen molar-refractivity contribution in [3.63, 3.8) is 0 Å². The predicted octanol–water partition coefficient (Wildman–Crippen LogP) is 2.95. The van der Waals surface area contributed by atoms with Crippen molar-refractivity contribution in [2.24, 2.45) is 5.92 Å². The summed E-state index contributed by atoms with van der Waals surface area (Å²) in [6.07, 6.45) is 11.2. The molecule has 0 bridgehead atoms. The lowest BCUT2D eigenvalue weighted by atomic mass is 9.81. The number of nitrogens with one attached hydrogen (secondary N) is 1.